The van der Waals surface area contributed by atoms with Gasteiger partial charge in [-0.1, -0.05) is 56.3 Å². The van der Waals surface area contributed by atoms with Gasteiger partial charge in [-0.3, -0.25) is 4.79 Å². The van der Waals surface area contributed by atoms with Gasteiger partial charge in [0.25, 0.3) is 0 Å². The Hall–Kier alpha value is -3.88. The Balaban J connectivity index is 2.01. The number of aliphatic carboxylic acids is 1. The number of hydrogen-bond acceptors (Lipinski definition) is 5. The summed E-state index contributed by atoms with van der Waals surface area (Å²) < 4.78 is 5.17. The van der Waals surface area contributed by atoms with E-state index in [0.717, 1.165) is 5.56 Å². The van der Waals surface area contributed by atoms with Gasteiger partial charge in [-0.05, 0) is 35.6 Å². The summed E-state index contributed by atoms with van der Waals surface area (Å²) in [6.07, 6.45) is -0.546. The molecular formula is C24H28N2O7. The van der Waals surface area contributed by atoms with E-state index in [4.69, 9.17) is 9.84 Å². The van der Waals surface area contributed by atoms with Crippen molar-refractivity contribution in [3.63, 3.8) is 0 Å². The number of carbonyl (C=O) groups excluding carboxylic acids is 2. The lowest BCUT2D eigenvalue weighted by Gasteiger charge is -2.22. The molecule has 4 N–H and O–H groups in total. The minimum Gasteiger partial charge on any atom is -0.480 e. The van der Waals surface area contributed by atoms with E-state index in [1.165, 1.54) is 24.3 Å². The van der Waals surface area contributed by atoms with Gasteiger partial charge in [0.05, 0.1) is 5.56 Å². The zero-order valence-corrected chi connectivity index (χ0v) is 18.5. The zero-order chi connectivity index (χ0) is 24.4. The molecule has 0 spiro atoms. The monoisotopic (exact) mass is 456 g/mol. The smallest absolute Gasteiger partial charge is 0.408 e. The molecule has 2 atom stereocenters. The van der Waals surface area contributed by atoms with E-state index < -0.39 is 36.0 Å². The lowest BCUT2D eigenvalue weighted by Crippen LogP contribution is -2.52. The predicted molar refractivity (Wildman–Crippen MR) is 120 cm³/mol. The highest BCUT2D eigenvalue weighted by Crippen LogP contribution is 2.10. The molecule has 0 bridgehead atoms. The Bertz CT molecular complexity index is 959. The van der Waals surface area contributed by atoms with Crippen LogP contribution in [0.5, 0.6) is 0 Å². The Labute approximate surface area is 191 Å². The van der Waals surface area contributed by atoms with Crippen molar-refractivity contribution in [2.24, 2.45) is 5.92 Å². The fourth-order valence-corrected chi connectivity index (χ4v) is 3.10. The number of hydrogen-bond donors (Lipinski definition) is 4. The van der Waals surface area contributed by atoms with Crippen LogP contribution in [0.2, 0.25) is 0 Å². The number of alkyl carbamates (subject to hydrolysis) is 1. The molecule has 0 saturated carbocycles. The molecule has 2 aromatic rings. The highest BCUT2D eigenvalue weighted by molar-refractivity contribution is 5.89. The van der Waals surface area contributed by atoms with Gasteiger partial charge in [-0.15, -0.1) is 0 Å². The average molecular weight is 456 g/mol. The summed E-state index contributed by atoms with van der Waals surface area (Å²) in [6, 6.07) is 12.5. The number of amides is 2. The maximum Gasteiger partial charge on any atom is 0.408 e. The molecule has 0 aliphatic heterocycles. The van der Waals surface area contributed by atoms with E-state index in [-0.39, 0.29) is 30.9 Å². The fourth-order valence-electron chi connectivity index (χ4n) is 3.10. The van der Waals surface area contributed by atoms with Crippen LogP contribution in [-0.4, -0.2) is 46.2 Å². The number of nitrogens with one attached hydrogen (secondary N) is 2. The fraction of sp³-hybridized carbons (Fsp3) is 0.333. The lowest BCUT2D eigenvalue weighted by atomic mass is 10.0. The van der Waals surface area contributed by atoms with Gasteiger partial charge in [-0.25, -0.2) is 14.4 Å². The highest BCUT2D eigenvalue weighted by atomic mass is 16.5. The zero-order valence-electron chi connectivity index (χ0n) is 18.5. The number of ether oxygens (including phenoxy) is 1. The van der Waals surface area contributed by atoms with Crippen molar-refractivity contribution in [3.05, 3.63) is 71.3 Å². The highest BCUT2D eigenvalue weighted by Gasteiger charge is 2.28. The van der Waals surface area contributed by atoms with Gasteiger partial charge in [0.1, 0.15) is 18.7 Å². The second-order valence-electron chi connectivity index (χ2n) is 7.99. The maximum absolute atomic E-state index is 12.8. The van der Waals surface area contributed by atoms with Gasteiger partial charge in [-0.2, -0.15) is 0 Å². The molecule has 2 rings (SSSR count). The third-order valence-electron chi connectivity index (χ3n) is 4.78. The molecular weight excluding hydrogens is 428 g/mol. The van der Waals surface area contributed by atoms with Gasteiger partial charge < -0.3 is 25.6 Å². The number of rotatable bonds is 11. The standard InChI is InChI=1S/C24H28N2O7/c1-15(2)12-19(26-24(32)33-14-17-6-4-3-5-7-17)21(27)25-20(23(30)31)13-16-8-10-18(11-9-16)22(28)29/h3-11,15,19-20H,12-14H2,1-2H3,(H,25,27)(H,26,32)(H,28,29)(H,30,31)/t19-,20+/m0/s1. The van der Waals surface area contributed by atoms with Crippen LogP contribution < -0.4 is 10.6 Å². The van der Waals surface area contributed by atoms with Gasteiger partial charge in [0.15, 0.2) is 0 Å². The van der Waals surface area contributed by atoms with Crippen LogP contribution in [-0.2, 0) is 27.4 Å². The molecule has 9 nitrogen and oxygen atoms in total. The van der Waals surface area contributed by atoms with Crippen LogP contribution in [0.4, 0.5) is 4.79 Å². The Kier molecular flexibility index (Phi) is 9.41. The van der Waals surface area contributed by atoms with Gasteiger partial charge >= 0.3 is 18.0 Å². The first-order chi connectivity index (χ1) is 15.7. The molecule has 2 aromatic carbocycles. The molecule has 0 aromatic heterocycles. The number of carbonyl (C=O) groups is 4. The molecule has 0 fully saturated rings. The first-order valence-electron chi connectivity index (χ1n) is 10.5. The third kappa shape index (κ3) is 8.64. The SMILES string of the molecule is CC(C)C[C@H](NC(=O)OCc1ccccc1)C(=O)N[C@H](Cc1ccc(C(=O)O)cc1)C(=O)O. The van der Waals surface area contributed by atoms with Crippen molar-refractivity contribution in [1.82, 2.24) is 10.6 Å². The van der Waals surface area contributed by atoms with Crippen LogP contribution >= 0.6 is 0 Å². The molecule has 2 amide bonds. The van der Waals surface area contributed by atoms with Crippen LogP contribution in [0.3, 0.4) is 0 Å². The summed E-state index contributed by atoms with van der Waals surface area (Å²) in [4.78, 5) is 47.7. The topological polar surface area (TPSA) is 142 Å². The van der Waals surface area contributed by atoms with Crippen LogP contribution in [0.1, 0.15) is 41.8 Å². The number of carboxylic acid groups (broad SMARTS) is 2. The largest absolute Gasteiger partial charge is 0.480 e. The second-order valence-corrected chi connectivity index (χ2v) is 7.99. The normalized spacial score (nSPS) is 12.5. The summed E-state index contributed by atoms with van der Waals surface area (Å²) in [5.41, 5.74) is 1.41. The van der Waals surface area contributed by atoms with E-state index in [1.54, 1.807) is 12.1 Å². The number of aromatic carboxylic acids is 1. The number of carboxylic acids is 2. The van der Waals surface area contributed by atoms with Crippen molar-refractivity contribution in [2.45, 2.75) is 45.4 Å². The predicted octanol–water partition coefficient (Wildman–Crippen LogP) is 2.84. The first kappa shape index (κ1) is 25.4. The van der Waals surface area contributed by atoms with E-state index in [1.807, 2.05) is 32.0 Å². The summed E-state index contributed by atoms with van der Waals surface area (Å²) in [7, 11) is 0. The molecule has 0 aliphatic rings. The first-order valence-corrected chi connectivity index (χ1v) is 10.5. The van der Waals surface area contributed by atoms with Crippen LogP contribution in [0.15, 0.2) is 54.6 Å². The summed E-state index contributed by atoms with van der Waals surface area (Å²) >= 11 is 0. The van der Waals surface area contributed by atoms with E-state index in [0.29, 0.717) is 5.56 Å². The van der Waals surface area contributed by atoms with Crippen LogP contribution in [0, 0.1) is 5.92 Å². The quantitative estimate of drug-likeness (QED) is 0.407. The molecule has 0 radical (unpaired) electrons. The molecule has 0 unspecified atom stereocenters. The van der Waals surface area contributed by atoms with Crippen molar-refractivity contribution >= 4 is 23.9 Å². The second kappa shape index (κ2) is 12.2. The van der Waals surface area contributed by atoms with Crippen molar-refractivity contribution < 1.29 is 34.1 Å². The van der Waals surface area contributed by atoms with E-state index in [2.05, 4.69) is 10.6 Å². The summed E-state index contributed by atoms with van der Waals surface area (Å²) in [5, 5.41) is 23.5. The van der Waals surface area contributed by atoms with Gasteiger partial charge in [0.2, 0.25) is 5.91 Å². The van der Waals surface area contributed by atoms with Crippen molar-refractivity contribution in [1.29, 1.82) is 0 Å². The minimum atomic E-state index is -1.26. The summed E-state index contributed by atoms with van der Waals surface area (Å²) in [6.45, 7) is 3.78. The minimum absolute atomic E-state index is 0.0345. The molecule has 9 heteroatoms. The third-order valence-corrected chi connectivity index (χ3v) is 4.78. The summed E-state index contributed by atoms with van der Waals surface area (Å²) in [5.74, 6) is -2.94. The van der Waals surface area contributed by atoms with Crippen molar-refractivity contribution in [2.75, 3.05) is 0 Å². The van der Waals surface area contributed by atoms with E-state index >= 15 is 0 Å². The van der Waals surface area contributed by atoms with E-state index in [9.17, 15) is 24.3 Å². The van der Waals surface area contributed by atoms with Crippen LogP contribution in [0.25, 0.3) is 0 Å². The number of benzene rings is 2. The van der Waals surface area contributed by atoms with Crippen molar-refractivity contribution in [3.8, 4) is 0 Å². The average Bonchev–Trinajstić information content (AvgIpc) is 2.77. The molecule has 0 heterocycles. The molecule has 0 aliphatic carbocycles. The molecule has 0 saturated heterocycles. The molecule has 33 heavy (non-hydrogen) atoms. The lowest BCUT2D eigenvalue weighted by molar-refractivity contribution is -0.142. The Morgan fingerprint density at radius 1 is 0.848 bits per heavy atom. The Morgan fingerprint density at radius 3 is 2.03 bits per heavy atom. The molecule has 176 valence electrons. The van der Waals surface area contributed by atoms with Gasteiger partial charge in [0, 0.05) is 6.42 Å². The Morgan fingerprint density at radius 2 is 1.48 bits per heavy atom. The maximum atomic E-state index is 12.8.